The number of hydrogen-bond donors (Lipinski definition) is 3. The molecule has 190 valence electrons. The summed E-state index contributed by atoms with van der Waals surface area (Å²) in [7, 11) is 1.42. The standard InChI is InChI=1S/C25H18ClF3N4O4/c1-30-24(35)37-22-12-18(7-8-31-22)36-17-4-2-3-14(9-17)15-10-21(32-13-15)23(34)33-16-5-6-20(26)19(11-16)25(27,28)29/h2-13,32H,1H3,(H,30,35)(H,33,34). The van der Waals surface area contributed by atoms with Crippen molar-refractivity contribution in [2.24, 2.45) is 0 Å². The Morgan fingerprint density at radius 1 is 1.00 bits per heavy atom. The summed E-state index contributed by atoms with van der Waals surface area (Å²) in [5.74, 6) is 0.260. The number of pyridine rings is 1. The van der Waals surface area contributed by atoms with Crippen molar-refractivity contribution in [3.8, 4) is 28.5 Å². The molecule has 0 bridgehead atoms. The van der Waals surface area contributed by atoms with Gasteiger partial charge >= 0.3 is 12.3 Å². The van der Waals surface area contributed by atoms with E-state index in [2.05, 4.69) is 20.6 Å². The van der Waals surface area contributed by atoms with E-state index in [-0.39, 0.29) is 17.3 Å². The number of amides is 2. The van der Waals surface area contributed by atoms with Gasteiger partial charge in [-0.05, 0) is 48.0 Å². The molecule has 8 nitrogen and oxygen atoms in total. The number of H-pyrrole nitrogens is 1. The number of hydrogen-bond acceptors (Lipinski definition) is 5. The van der Waals surface area contributed by atoms with E-state index in [1.54, 1.807) is 42.6 Å². The molecular formula is C25H18ClF3N4O4. The lowest BCUT2D eigenvalue weighted by Crippen LogP contribution is -2.22. The number of nitrogens with zero attached hydrogens (tertiary/aromatic N) is 1. The van der Waals surface area contributed by atoms with Gasteiger partial charge in [-0.1, -0.05) is 23.7 Å². The van der Waals surface area contributed by atoms with Gasteiger partial charge in [-0.2, -0.15) is 13.2 Å². The normalized spacial score (nSPS) is 11.1. The van der Waals surface area contributed by atoms with Crippen LogP contribution in [0.2, 0.25) is 5.02 Å². The molecule has 37 heavy (non-hydrogen) atoms. The molecular weight excluding hydrogens is 513 g/mol. The van der Waals surface area contributed by atoms with Gasteiger partial charge in [-0.15, -0.1) is 0 Å². The zero-order chi connectivity index (χ0) is 26.6. The molecule has 0 saturated carbocycles. The molecule has 0 aliphatic rings. The third-order valence-electron chi connectivity index (χ3n) is 4.97. The van der Waals surface area contributed by atoms with Gasteiger partial charge in [-0.25, -0.2) is 9.78 Å². The number of carbonyl (C=O) groups is 2. The summed E-state index contributed by atoms with van der Waals surface area (Å²) in [6, 6.07) is 14.7. The number of aromatic amines is 1. The van der Waals surface area contributed by atoms with Crippen molar-refractivity contribution in [3.05, 3.63) is 89.3 Å². The first kappa shape index (κ1) is 25.6. The van der Waals surface area contributed by atoms with Crippen molar-refractivity contribution in [3.63, 3.8) is 0 Å². The van der Waals surface area contributed by atoms with Crippen molar-refractivity contribution in [1.29, 1.82) is 0 Å². The maximum absolute atomic E-state index is 13.1. The number of ether oxygens (including phenoxy) is 2. The number of aromatic nitrogens is 2. The van der Waals surface area contributed by atoms with Crippen LogP contribution in [0.4, 0.5) is 23.7 Å². The van der Waals surface area contributed by atoms with E-state index in [4.69, 9.17) is 21.1 Å². The molecule has 2 amide bonds. The Morgan fingerprint density at radius 3 is 2.54 bits per heavy atom. The highest BCUT2D eigenvalue weighted by Crippen LogP contribution is 2.36. The smallest absolute Gasteiger partial charge is 0.417 e. The second-order valence-electron chi connectivity index (χ2n) is 7.55. The minimum Gasteiger partial charge on any atom is -0.457 e. The van der Waals surface area contributed by atoms with Crippen LogP contribution in [0, 0.1) is 0 Å². The van der Waals surface area contributed by atoms with Gasteiger partial charge in [0, 0.05) is 36.8 Å². The summed E-state index contributed by atoms with van der Waals surface area (Å²) >= 11 is 5.63. The van der Waals surface area contributed by atoms with Gasteiger partial charge in [-0.3, -0.25) is 4.79 Å². The molecule has 0 radical (unpaired) electrons. The molecule has 0 aliphatic carbocycles. The highest BCUT2D eigenvalue weighted by Gasteiger charge is 2.33. The number of rotatable bonds is 6. The fraction of sp³-hybridized carbons (Fsp3) is 0.0800. The van der Waals surface area contributed by atoms with Crippen LogP contribution in [0.3, 0.4) is 0 Å². The van der Waals surface area contributed by atoms with Crippen molar-refractivity contribution in [2.45, 2.75) is 6.18 Å². The van der Waals surface area contributed by atoms with E-state index >= 15 is 0 Å². The molecule has 2 aromatic heterocycles. The van der Waals surface area contributed by atoms with Gasteiger partial charge in [0.05, 0.1) is 10.6 Å². The van der Waals surface area contributed by atoms with Crippen LogP contribution in [-0.2, 0) is 6.18 Å². The molecule has 2 heterocycles. The molecule has 4 rings (SSSR count). The maximum atomic E-state index is 13.1. The number of carbonyl (C=O) groups excluding carboxylic acids is 2. The Morgan fingerprint density at radius 2 is 1.78 bits per heavy atom. The Hall–Kier alpha value is -4.51. The van der Waals surface area contributed by atoms with E-state index in [0.29, 0.717) is 22.6 Å². The second-order valence-corrected chi connectivity index (χ2v) is 7.95. The van der Waals surface area contributed by atoms with E-state index in [9.17, 15) is 22.8 Å². The third kappa shape index (κ3) is 6.39. The highest BCUT2D eigenvalue weighted by atomic mass is 35.5. The largest absolute Gasteiger partial charge is 0.457 e. The van der Waals surface area contributed by atoms with Crippen molar-refractivity contribution in [1.82, 2.24) is 15.3 Å². The van der Waals surface area contributed by atoms with Crippen molar-refractivity contribution < 1.29 is 32.2 Å². The summed E-state index contributed by atoms with van der Waals surface area (Å²) in [6.07, 6.45) is -2.32. The van der Waals surface area contributed by atoms with Gasteiger partial charge in [0.25, 0.3) is 5.91 Å². The zero-order valence-electron chi connectivity index (χ0n) is 19.0. The average molecular weight is 531 g/mol. The summed E-state index contributed by atoms with van der Waals surface area (Å²) in [5, 5.41) is 4.29. The van der Waals surface area contributed by atoms with Crippen molar-refractivity contribution in [2.75, 3.05) is 12.4 Å². The van der Waals surface area contributed by atoms with Crippen LogP contribution in [0.5, 0.6) is 17.4 Å². The van der Waals surface area contributed by atoms with Gasteiger partial charge in [0.2, 0.25) is 5.88 Å². The van der Waals surface area contributed by atoms with Gasteiger partial charge in [0.1, 0.15) is 17.2 Å². The minimum absolute atomic E-state index is 0.0506. The van der Waals surface area contributed by atoms with E-state index < -0.39 is 28.8 Å². The van der Waals surface area contributed by atoms with Crippen LogP contribution in [0.1, 0.15) is 16.1 Å². The average Bonchev–Trinajstić information content (AvgIpc) is 3.35. The van der Waals surface area contributed by atoms with E-state index in [1.165, 1.54) is 25.4 Å². The predicted octanol–water partition coefficient (Wildman–Crippen LogP) is 6.51. The molecule has 0 spiro atoms. The van der Waals surface area contributed by atoms with E-state index in [1.807, 2.05) is 0 Å². The molecule has 0 atom stereocenters. The molecule has 0 fully saturated rings. The summed E-state index contributed by atoms with van der Waals surface area (Å²) in [4.78, 5) is 30.7. The quantitative estimate of drug-likeness (QED) is 0.263. The number of alkyl halides is 3. The summed E-state index contributed by atoms with van der Waals surface area (Å²) < 4.78 is 50.1. The summed E-state index contributed by atoms with van der Waals surface area (Å²) in [6.45, 7) is 0. The number of halogens is 4. The van der Waals surface area contributed by atoms with Gasteiger partial charge in [0.15, 0.2) is 0 Å². The Balaban J connectivity index is 1.48. The lowest BCUT2D eigenvalue weighted by Gasteiger charge is -2.11. The lowest BCUT2D eigenvalue weighted by molar-refractivity contribution is -0.137. The van der Waals surface area contributed by atoms with Crippen LogP contribution < -0.4 is 20.1 Å². The predicted molar refractivity (Wildman–Crippen MR) is 130 cm³/mol. The second kappa shape index (κ2) is 10.6. The molecule has 0 aliphatic heterocycles. The monoisotopic (exact) mass is 530 g/mol. The zero-order valence-corrected chi connectivity index (χ0v) is 19.8. The number of benzene rings is 2. The Kier molecular flexibility index (Phi) is 7.35. The fourth-order valence-electron chi connectivity index (χ4n) is 3.24. The topological polar surface area (TPSA) is 105 Å². The van der Waals surface area contributed by atoms with Crippen LogP contribution in [0.15, 0.2) is 73.1 Å². The van der Waals surface area contributed by atoms with E-state index in [0.717, 1.165) is 12.1 Å². The molecule has 0 unspecified atom stereocenters. The van der Waals surface area contributed by atoms with Crippen LogP contribution >= 0.6 is 11.6 Å². The molecule has 4 aromatic rings. The lowest BCUT2D eigenvalue weighted by atomic mass is 10.1. The van der Waals surface area contributed by atoms with Gasteiger partial charge < -0.3 is 25.1 Å². The first-order valence-corrected chi connectivity index (χ1v) is 11.0. The fourth-order valence-corrected chi connectivity index (χ4v) is 3.47. The third-order valence-corrected chi connectivity index (χ3v) is 5.30. The first-order valence-electron chi connectivity index (χ1n) is 10.6. The number of nitrogens with one attached hydrogen (secondary N) is 3. The molecule has 12 heteroatoms. The minimum atomic E-state index is -4.65. The SMILES string of the molecule is CNC(=O)Oc1cc(Oc2cccc(-c3c[nH]c(C(=O)Nc4ccc(Cl)c(C(F)(F)F)c4)c3)c2)ccn1. The van der Waals surface area contributed by atoms with Crippen molar-refractivity contribution >= 4 is 29.3 Å². The maximum Gasteiger partial charge on any atom is 0.417 e. The Labute approximate surface area is 213 Å². The highest BCUT2D eigenvalue weighted by molar-refractivity contribution is 6.31. The van der Waals surface area contributed by atoms with Crippen LogP contribution in [0.25, 0.3) is 11.1 Å². The number of anilines is 1. The summed E-state index contributed by atoms with van der Waals surface area (Å²) in [5.41, 5.74) is 0.383. The molecule has 0 saturated heterocycles. The first-order chi connectivity index (χ1) is 17.6. The molecule has 2 aromatic carbocycles. The Bertz CT molecular complexity index is 1460. The van der Waals surface area contributed by atoms with Crippen LogP contribution in [-0.4, -0.2) is 29.0 Å². The molecule has 3 N–H and O–H groups in total.